The molecule has 0 saturated carbocycles. The highest BCUT2D eigenvalue weighted by atomic mass is 16.3. The lowest BCUT2D eigenvalue weighted by Crippen LogP contribution is -1.89. The topological polar surface area (TPSA) is 13.1 Å². The first kappa shape index (κ1) is 10.9. The highest BCUT2D eigenvalue weighted by Gasteiger charge is 2.20. The van der Waals surface area contributed by atoms with E-state index in [9.17, 15) is 0 Å². The number of hydrogen-bond donors (Lipinski definition) is 0. The van der Waals surface area contributed by atoms with E-state index in [1.165, 1.54) is 43.4 Å². The summed E-state index contributed by atoms with van der Waals surface area (Å²) >= 11 is 0. The van der Waals surface area contributed by atoms with Crippen LogP contribution in [-0.4, -0.2) is 0 Å². The predicted octanol–water partition coefficient (Wildman–Crippen LogP) is 5.80. The van der Waals surface area contributed by atoms with E-state index >= 15 is 0 Å². The van der Waals surface area contributed by atoms with Gasteiger partial charge in [-0.1, -0.05) is 48.5 Å². The number of furan rings is 1. The highest BCUT2D eigenvalue weighted by molar-refractivity contribution is 6.28. The lowest BCUT2D eigenvalue weighted by Gasteiger charge is -2.08. The number of hydrogen-bond acceptors (Lipinski definition) is 1. The summed E-state index contributed by atoms with van der Waals surface area (Å²) < 4.78 is 6.12. The quantitative estimate of drug-likeness (QED) is 0.321. The summed E-state index contributed by atoms with van der Waals surface area (Å²) in [6, 6.07) is 21.8. The van der Waals surface area contributed by atoms with E-state index in [0.29, 0.717) is 0 Å². The zero-order chi connectivity index (χ0) is 14.3. The molecule has 0 aliphatic heterocycles. The summed E-state index contributed by atoms with van der Waals surface area (Å²) in [6.45, 7) is 0. The van der Waals surface area contributed by atoms with Crippen molar-refractivity contribution >= 4 is 43.5 Å². The third-order valence-corrected chi connectivity index (χ3v) is 5.04. The second-order valence-corrected chi connectivity index (χ2v) is 6.19. The van der Waals surface area contributed by atoms with Gasteiger partial charge in [0.05, 0.1) is 0 Å². The first-order chi connectivity index (χ1) is 10.9. The molecule has 1 heterocycles. The summed E-state index contributed by atoms with van der Waals surface area (Å²) in [5.41, 5.74) is 4.79. The van der Waals surface area contributed by atoms with Gasteiger partial charge in [-0.2, -0.15) is 0 Å². The predicted molar refractivity (Wildman–Crippen MR) is 91.5 cm³/mol. The van der Waals surface area contributed by atoms with Crippen LogP contribution >= 0.6 is 0 Å². The van der Waals surface area contributed by atoms with Crippen LogP contribution in [0.1, 0.15) is 11.1 Å². The van der Waals surface area contributed by atoms with Crippen LogP contribution in [-0.2, 0) is 6.42 Å². The fourth-order valence-electron chi connectivity index (χ4n) is 4.15. The Bertz CT molecular complexity index is 1240. The van der Waals surface area contributed by atoms with E-state index in [1.807, 2.05) is 0 Å². The Balaban J connectivity index is 2.11. The molecule has 1 aliphatic carbocycles. The van der Waals surface area contributed by atoms with Gasteiger partial charge in [-0.3, -0.25) is 0 Å². The molecule has 1 aromatic heterocycles. The van der Waals surface area contributed by atoms with Crippen LogP contribution in [0, 0.1) is 0 Å². The molecule has 1 aliphatic rings. The van der Waals surface area contributed by atoms with Crippen LogP contribution < -0.4 is 0 Å². The Morgan fingerprint density at radius 3 is 2.14 bits per heavy atom. The Hall–Kier alpha value is -2.80. The van der Waals surface area contributed by atoms with Crippen molar-refractivity contribution in [3.63, 3.8) is 0 Å². The number of rotatable bonds is 0. The van der Waals surface area contributed by atoms with E-state index in [-0.39, 0.29) is 0 Å². The Labute approximate surface area is 126 Å². The minimum atomic E-state index is 0.969. The maximum Gasteiger partial charge on any atom is 0.136 e. The van der Waals surface area contributed by atoms with Gasteiger partial charge in [-0.15, -0.1) is 0 Å². The molecule has 102 valence electrons. The molecular formula is C21H12O. The van der Waals surface area contributed by atoms with Crippen LogP contribution in [0.2, 0.25) is 0 Å². The lowest BCUT2D eigenvalue weighted by atomic mass is 9.96. The van der Waals surface area contributed by atoms with Crippen molar-refractivity contribution in [2.45, 2.75) is 6.42 Å². The van der Waals surface area contributed by atoms with Crippen LogP contribution in [0.25, 0.3) is 43.5 Å². The molecular weight excluding hydrogens is 268 g/mol. The number of benzene rings is 4. The van der Waals surface area contributed by atoms with Crippen molar-refractivity contribution in [2.75, 3.05) is 0 Å². The molecule has 1 nitrogen and oxygen atoms in total. The fourth-order valence-corrected chi connectivity index (χ4v) is 4.15. The van der Waals surface area contributed by atoms with Crippen molar-refractivity contribution in [1.29, 1.82) is 0 Å². The minimum absolute atomic E-state index is 0.969. The van der Waals surface area contributed by atoms with Gasteiger partial charge in [0.1, 0.15) is 11.2 Å². The third-order valence-electron chi connectivity index (χ3n) is 5.04. The van der Waals surface area contributed by atoms with Gasteiger partial charge in [0.25, 0.3) is 0 Å². The Morgan fingerprint density at radius 1 is 0.545 bits per heavy atom. The van der Waals surface area contributed by atoms with Crippen LogP contribution in [0.4, 0.5) is 0 Å². The van der Waals surface area contributed by atoms with Crippen LogP contribution in [0.5, 0.6) is 0 Å². The molecule has 22 heavy (non-hydrogen) atoms. The van der Waals surface area contributed by atoms with E-state index in [2.05, 4.69) is 60.7 Å². The monoisotopic (exact) mass is 280 g/mol. The van der Waals surface area contributed by atoms with Crippen molar-refractivity contribution in [1.82, 2.24) is 0 Å². The summed E-state index contributed by atoms with van der Waals surface area (Å²) in [7, 11) is 0. The second kappa shape index (κ2) is 3.50. The molecule has 0 fully saturated rings. The van der Waals surface area contributed by atoms with Gasteiger partial charge in [0.2, 0.25) is 0 Å². The molecule has 1 heteroatoms. The summed E-state index contributed by atoms with van der Waals surface area (Å²) in [5.74, 6) is 0. The molecule has 4 aromatic carbocycles. The molecule has 0 saturated heterocycles. The van der Waals surface area contributed by atoms with Crippen molar-refractivity contribution in [3.05, 3.63) is 71.8 Å². The average molecular weight is 280 g/mol. The summed E-state index contributed by atoms with van der Waals surface area (Å²) in [5, 5.41) is 7.95. The van der Waals surface area contributed by atoms with Crippen molar-refractivity contribution in [3.8, 4) is 0 Å². The molecule has 0 spiro atoms. The molecule has 0 radical (unpaired) electrons. The summed E-state index contributed by atoms with van der Waals surface area (Å²) in [4.78, 5) is 0. The van der Waals surface area contributed by atoms with E-state index in [0.717, 1.165) is 17.6 Å². The fraction of sp³-hybridized carbons (Fsp3) is 0.0476. The standard InChI is InChI=1S/C21H12O/c1-3-12-7-8-13-9-10-17-21-19-15(5-2-6-16(19)22-17)11-14(4-1)18(12)20(13)21/h1-10H,11H2. The maximum absolute atomic E-state index is 6.12. The molecule has 5 aromatic rings. The first-order valence-electron chi connectivity index (χ1n) is 7.67. The van der Waals surface area contributed by atoms with Crippen molar-refractivity contribution in [2.24, 2.45) is 0 Å². The van der Waals surface area contributed by atoms with Gasteiger partial charge in [0, 0.05) is 16.2 Å². The Morgan fingerprint density at radius 2 is 1.23 bits per heavy atom. The van der Waals surface area contributed by atoms with Gasteiger partial charge < -0.3 is 4.42 Å². The molecule has 0 N–H and O–H groups in total. The zero-order valence-electron chi connectivity index (χ0n) is 11.9. The third kappa shape index (κ3) is 1.13. The minimum Gasteiger partial charge on any atom is -0.456 e. The normalized spacial score (nSPS) is 13.3. The van der Waals surface area contributed by atoms with Gasteiger partial charge in [-0.05, 0) is 45.8 Å². The molecule has 6 rings (SSSR count). The maximum atomic E-state index is 6.12. The first-order valence-corrected chi connectivity index (χ1v) is 7.67. The van der Waals surface area contributed by atoms with Gasteiger partial charge in [0.15, 0.2) is 0 Å². The molecule has 0 atom stereocenters. The second-order valence-electron chi connectivity index (χ2n) is 6.19. The van der Waals surface area contributed by atoms with Crippen LogP contribution in [0.15, 0.2) is 65.1 Å². The van der Waals surface area contributed by atoms with E-state index in [4.69, 9.17) is 4.42 Å². The van der Waals surface area contributed by atoms with Crippen molar-refractivity contribution < 1.29 is 4.42 Å². The average Bonchev–Trinajstić information content (AvgIpc) is 2.86. The SMILES string of the molecule is c1cc2c3c(c1)ccc1ccc4oc5cccc(c5c4c13)C2. The van der Waals surface area contributed by atoms with E-state index in [1.54, 1.807) is 0 Å². The molecule has 0 bridgehead atoms. The highest BCUT2D eigenvalue weighted by Crippen LogP contribution is 2.43. The van der Waals surface area contributed by atoms with Crippen LogP contribution in [0.3, 0.4) is 0 Å². The smallest absolute Gasteiger partial charge is 0.136 e. The molecule has 0 amide bonds. The van der Waals surface area contributed by atoms with Gasteiger partial charge >= 0.3 is 0 Å². The largest absolute Gasteiger partial charge is 0.456 e. The Kier molecular flexibility index (Phi) is 1.73. The van der Waals surface area contributed by atoms with E-state index < -0.39 is 0 Å². The van der Waals surface area contributed by atoms with Gasteiger partial charge in [-0.25, -0.2) is 0 Å². The molecule has 0 unspecified atom stereocenters. The summed E-state index contributed by atoms with van der Waals surface area (Å²) in [6.07, 6.45) is 0.969. The lowest BCUT2D eigenvalue weighted by molar-refractivity contribution is 0.669. The zero-order valence-corrected chi connectivity index (χ0v) is 11.9.